The highest BCUT2D eigenvalue weighted by atomic mass is 32.1. The molecular weight excluding hydrogens is 158 g/mol. The molecule has 0 atom stereocenters. The number of rotatable bonds is 1. The van der Waals surface area contributed by atoms with E-state index in [1.54, 1.807) is 0 Å². The maximum Gasteiger partial charge on any atom is 0.203 e. The Hall–Kier alpha value is -0.900. The zero-order valence-corrected chi connectivity index (χ0v) is 7.70. The van der Waals surface area contributed by atoms with Crippen LogP contribution >= 0.6 is 12.2 Å². The number of H-pyrrole nitrogens is 1. The summed E-state index contributed by atoms with van der Waals surface area (Å²) in [5, 5.41) is 0. The van der Waals surface area contributed by atoms with Gasteiger partial charge in [0.1, 0.15) is 4.64 Å². The lowest BCUT2D eigenvalue weighted by atomic mass is 10.5. The van der Waals surface area contributed by atoms with Gasteiger partial charge in [-0.3, -0.25) is 0 Å². The molecule has 0 bridgehead atoms. The van der Waals surface area contributed by atoms with E-state index in [1.807, 2.05) is 32.0 Å². The standard InChI is InChI=1S/C7H11N3S/c1-5-4-6(11)9-7(8-5)10(2)3/h4H,1-3H3,(H,8,9,11). The molecule has 0 radical (unpaired) electrons. The van der Waals surface area contributed by atoms with Gasteiger partial charge in [0.15, 0.2) is 0 Å². The summed E-state index contributed by atoms with van der Waals surface area (Å²) >= 11 is 4.95. The summed E-state index contributed by atoms with van der Waals surface area (Å²) in [5.74, 6) is 0.801. The molecule has 0 aliphatic heterocycles. The van der Waals surface area contributed by atoms with Gasteiger partial charge in [0.05, 0.1) is 0 Å². The monoisotopic (exact) mass is 169 g/mol. The molecule has 3 nitrogen and oxygen atoms in total. The number of aromatic amines is 1. The molecule has 60 valence electrons. The first kappa shape index (κ1) is 8.20. The average Bonchev–Trinajstić information content (AvgIpc) is 1.85. The molecule has 0 aliphatic rings. The van der Waals surface area contributed by atoms with Crippen molar-refractivity contribution in [2.75, 3.05) is 19.0 Å². The Morgan fingerprint density at radius 1 is 1.55 bits per heavy atom. The van der Waals surface area contributed by atoms with Crippen molar-refractivity contribution < 1.29 is 0 Å². The number of anilines is 1. The highest BCUT2D eigenvalue weighted by Gasteiger charge is 1.96. The first-order valence-corrected chi connectivity index (χ1v) is 3.75. The topological polar surface area (TPSA) is 31.9 Å². The van der Waals surface area contributed by atoms with Crippen molar-refractivity contribution in [3.63, 3.8) is 0 Å². The van der Waals surface area contributed by atoms with E-state index in [0.29, 0.717) is 4.64 Å². The fraction of sp³-hybridized carbons (Fsp3) is 0.429. The van der Waals surface area contributed by atoms with Crippen LogP contribution in [0.5, 0.6) is 0 Å². The molecule has 0 amide bonds. The summed E-state index contributed by atoms with van der Waals surface area (Å²) in [6, 6.07) is 1.84. The summed E-state index contributed by atoms with van der Waals surface area (Å²) in [4.78, 5) is 9.11. The van der Waals surface area contributed by atoms with E-state index in [2.05, 4.69) is 9.97 Å². The van der Waals surface area contributed by atoms with Crippen LogP contribution < -0.4 is 4.90 Å². The van der Waals surface area contributed by atoms with Gasteiger partial charge < -0.3 is 9.88 Å². The molecule has 0 aromatic carbocycles. The molecule has 0 fully saturated rings. The van der Waals surface area contributed by atoms with Crippen LogP contribution in [0.1, 0.15) is 5.69 Å². The van der Waals surface area contributed by atoms with E-state index < -0.39 is 0 Å². The highest BCUT2D eigenvalue weighted by Crippen LogP contribution is 2.03. The Balaban J connectivity index is 3.19. The second-order valence-electron chi connectivity index (χ2n) is 2.62. The Kier molecular flexibility index (Phi) is 2.24. The fourth-order valence-electron chi connectivity index (χ4n) is 0.774. The number of hydrogen-bond acceptors (Lipinski definition) is 3. The van der Waals surface area contributed by atoms with Crippen LogP contribution in [0.25, 0.3) is 0 Å². The van der Waals surface area contributed by atoms with Gasteiger partial charge in [0, 0.05) is 19.8 Å². The number of nitrogens with one attached hydrogen (secondary N) is 1. The minimum atomic E-state index is 0.630. The molecule has 11 heavy (non-hydrogen) atoms. The largest absolute Gasteiger partial charge is 0.349 e. The zero-order chi connectivity index (χ0) is 8.43. The third kappa shape index (κ3) is 2.01. The van der Waals surface area contributed by atoms with Crippen molar-refractivity contribution in [2.24, 2.45) is 0 Å². The SMILES string of the molecule is Cc1cc(=S)nc(N(C)C)[nH]1. The van der Waals surface area contributed by atoms with Crippen LogP contribution in [0.15, 0.2) is 6.07 Å². The van der Waals surface area contributed by atoms with E-state index in [0.717, 1.165) is 11.6 Å². The molecule has 1 aromatic rings. The van der Waals surface area contributed by atoms with Crippen molar-refractivity contribution in [1.82, 2.24) is 9.97 Å². The van der Waals surface area contributed by atoms with Crippen molar-refractivity contribution >= 4 is 18.2 Å². The van der Waals surface area contributed by atoms with Crippen LogP contribution in [0.3, 0.4) is 0 Å². The first-order chi connectivity index (χ1) is 5.09. The van der Waals surface area contributed by atoms with E-state index in [4.69, 9.17) is 12.2 Å². The molecule has 0 aliphatic carbocycles. The van der Waals surface area contributed by atoms with Crippen LogP contribution in [0.2, 0.25) is 0 Å². The van der Waals surface area contributed by atoms with Crippen LogP contribution in [0.4, 0.5) is 5.95 Å². The summed E-state index contributed by atoms with van der Waals surface area (Å²) in [5.41, 5.74) is 1.04. The maximum atomic E-state index is 4.95. The molecule has 0 saturated heterocycles. The normalized spacial score (nSPS) is 9.73. The summed E-state index contributed by atoms with van der Waals surface area (Å²) in [7, 11) is 3.85. The molecule has 4 heteroatoms. The summed E-state index contributed by atoms with van der Waals surface area (Å²) < 4.78 is 0.630. The molecule has 1 heterocycles. The Morgan fingerprint density at radius 3 is 2.64 bits per heavy atom. The molecule has 0 unspecified atom stereocenters. The van der Waals surface area contributed by atoms with Gasteiger partial charge in [-0.15, -0.1) is 0 Å². The lowest BCUT2D eigenvalue weighted by Gasteiger charge is -2.10. The Labute approximate surface area is 71.1 Å². The number of nitrogens with zero attached hydrogens (tertiary/aromatic N) is 2. The third-order valence-corrected chi connectivity index (χ3v) is 1.50. The Bertz CT molecular complexity index is 303. The first-order valence-electron chi connectivity index (χ1n) is 3.35. The molecule has 1 rings (SSSR count). The van der Waals surface area contributed by atoms with Crippen molar-refractivity contribution in [3.8, 4) is 0 Å². The van der Waals surface area contributed by atoms with E-state index >= 15 is 0 Å². The smallest absolute Gasteiger partial charge is 0.203 e. The van der Waals surface area contributed by atoms with Gasteiger partial charge in [-0.2, -0.15) is 0 Å². The number of aromatic nitrogens is 2. The molecule has 0 spiro atoms. The molecular formula is C7H11N3S. The molecule has 0 saturated carbocycles. The second-order valence-corrected chi connectivity index (χ2v) is 3.04. The lowest BCUT2D eigenvalue weighted by molar-refractivity contribution is 0.971. The predicted molar refractivity (Wildman–Crippen MR) is 48.5 cm³/mol. The van der Waals surface area contributed by atoms with Gasteiger partial charge in [0.25, 0.3) is 0 Å². The maximum absolute atomic E-state index is 4.95. The second kappa shape index (κ2) is 3.00. The predicted octanol–water partition coefficient (Wildman–Crippen LogP) is 1.51. The number of aryl methyl sites for hydroxylation is 1. The third-order valence-electron chi connectivity index (χ3n) is 1.29. The summed E-state index contributed by atoms with van der Waals surface area (Å²) in [6.45, 7) is 1.96. The summed E-state index contributed by atoms with van der Waals surface area (Å²) in [6.07, 6.45) is 0. The molecule has 1 aromatic heterocycles. The molecule has 1 N–H and O–H groups in total. The van der Waals surface area contributed by atoms with Crippen molar-refractivity contribution in [2.45, 2.75) is 6.92 Å². The fourth-order valence-corrected chi connectivity index (χ4v) is 1.04. The van der Waals surface area contributed by atoms with Crippen molar-refractivity contribution in [3.05, 3.63) is 16.4 Å². The highest BCUT2D eigenvalue weighted by molar-refractivity contribution is 7.71. The number of hydrogen-bond donors (Lipinski definition) is 1. The quantitative estimate of drug-likeness (QED) is 0.647. The van der Waals surface area contributed by atoms with Crippen LogP contribution in [0, 0.1) is 11.6 Å². The van der Waals surface area contributed by atoms with Crippen molar-refractivity contribution in [1.29, 1.82) is 0 Å². The van der Waals surface area contributed by atoms with Crippen LogP contribution in [-0.4, -0.2) is 24.1 Å². The zero-order valence-electron chi connectivity index (χ0n) is 6.88. The van der Waals surface area contributed by atoms with Gasteiger partial charge in [0.2, 0.25) is 5.95 Å². The average molecular weight is 169 g/mol. The van der Waals surface area contributed by atoms with Crippen LogP contribution in [-0.2, 0) is 0 Å². The lowest BCUT2D eigenvalue weighted by Crippen LogP contribution is -2.13. The minimum Gasteiger partial charge on any atom is -0.349 e. The van der Waals surface area contributed by atoms with Gasteiger partial charge in [-0.05, 0) is 13.0 Å². The van der Waals surface area contributed by atoms with Gasteiger partial charge in [-0.1, -0.05) is 12.2 Å². The van der Waals surface area contributed by atoms with E-state index in [1.165, 1.54) is 0 Å². The Morgan fingerprint density at radius 2 is 2.18 bits per heavy atom. The van der Waals surface area contributed by atoms with Gasteiger partial charge >= 0.3 is 0 Å². The van der Waals surface area contributed by atoms with E-state index in [9.17, 15) is 0 Å². The minimum absolute atomic E-state index is 0.630. The van der Waals surface area contributed by atoms with Gasteiger partial charge in [-0.25, -0.2) is 4.98 Å². The van der Waals surface area contributed by atoms with E-state index in [-0.39, 0.29) is 0 Å².